The third-order valence-electron chi connectivity index (χ3n) is 5.96. The number of amides is 1. The average Bonchev–Trinajstić information content (AvgIpc) is 3.49. The third kappa shape index (κ3) is 4.63. The summed E-state index contributed by atoms with van der Waals surface area (Å²) >= 11 is 0. The molecule has 9 nitrogen and oxygen atoms in total. The van der Waals surface area contributed by atoms with Gasteiger partial charge in [0.05, 0.1) is 35.3 Å². The molecule has 4 heterocycles. The van der Waals surface area contributed by atoms with Crippen molar-refractivity contribution in [1.29, 1.82) is 0 Å². The molecule has 0 saturated carbocycles. The first-order valence-corrected chi connectivity index (χ1v) is 10.9. The SMILES string of the molecule is [B]C([B])([B])n1cc(-c2ccc3nnc(NC(=O)c4coc(C5CCN(C)CC5)n4)cc3c2)cn1. The molecule has 0 bridgehead atoms. The molecule has 1 saturated heterocycles. The Morgan fingerprint density at radius 3 is 2.68 bits per heavy atom. The highest BCUT2D eigenvalue weighted by Crippen LogP contribution is 2.27. The molecule has 6 radical (unpaired) electrons. The summed E-state index contributed by atoms with van der Waals surface area (Å²) in [6, 6.07) is 7.35. The Morgan fingerprint density at radius 2 is 1.94 bits per heavy atom. The van der Waals surface area contributed by atoms with Gasteiger partial charge in [-0.25, -0.2) is 4.98 Å². The maximum atomic E-state index is 12.7. The molecular weight excluding hydrogens is 427 g/mol. The van der Waals surface area contributed by atoms with E-state index in [1.807, 2.05) is 18.2 Å². The van der Waals surface area contributed by atoms with Crippen LogP contribution < -0.4 is 5.32 Å². The molecule has 4 aromatic rings. The number of oxazole rings is 1. The lowest BCUT2D eigenvalue weighted by Crippen LogP contribution is -2.35. The monoisotopic (exact) mass is 447 g/mol. The van der Waals surface area contributed by atoms with Crippen LogP contribution in [0, 0.1) is 0 Å². The summed E-state index contributed by atoms with van der Waals surface area (Å²) < 4.78 is 6.88. The molecule has 1 aliphatic heterocycles. The molecule has 1 aromatic carbocycles. The Bertz CT molecular complexity index is 1340. The normalized spacial score (nSPS) is 15.6. The largest absolute Gasteiger partial charge is 0.448 e. The van der Waals surface area contributed by atoms with Crippen molar-refractivity contribution in [2.24, 2.45) is 0 Å². The first kappa shape index (κ1) is 22.4. The number of benzene rings is 1. The Kier molecular flexibility index (Phi) is 5.77. The molecule has 12 heteroatoms. The van der Waals surface area contributed by atoms with E-state index in [0.29, 0.717) is 17.2 Å². The van der Waals surface area contributed by atoms with Crippen LogP contribution >= 0.6 is 0 Å². The molecule has 3 aromatic heterocycles. The van der Waals surface area contributed by atoms with E-state index in [2.05, 4.69) is 37.5 Å². The molecule has 0 spiro atoms. The fraction of sp³-hybridized carbons (Fsp3) is 0.318. The van der Waals surface area contributed by atoms with Crippen molar-refractivity contribution in [2.45, 2.75) is 24.0 Å². The van der Waals surface area contributed by atoms with Gasteiger partial charge in [0.1, 0.15) is 6.26 Å². The van der Waals surface area contributed by atoms with Gasteiger partial charge in [0.15, 0.2) is 17.4 Å². The van der Waals surface area contributed by atoms with Gasteiger partial charge in [-0.05, 0) is 62.0 Å². The van der Waals surface area contributed by atoms with Crippen LogP contribution in [0.5, 0.6) is 0 Å². The van der Waals surface area contributed by atoms with Crippen molar-refractivity contribution >= 4 is 46.2 Å². The summed E-state index contributed by atoms with van der Waals surface area (Å²) in [5, 5.41) is 14.4. The van der Waals surface area contributed by atoms with Crippen molar-refractivity contribution in [1.82, 2.24) is 29.9 Å². The summed E-state index contributed by atoms with van der Waals surface area (Å²) in [6.45, 7) is 1.96. The third-order valence-corrected chi connectivity index (χ3v) is 5.96. The number of fused-ring (bicyclic) bond motifs is 1. The zero-order chi connectivity index (χ0) is 23.9. The van der Waals surface area contributed by atoms with Crippen LogP contribution in [0.25, 0.3) is 22.0 Å². The molecule has 0 atom stereocenters. The minimum atomic E-state index is -1.59. The number of carbonyl (C=O) groups excluding carboxylic acids is 1. The van der Waals surface area contributed by atoms with Crippen molar-refractivity contribution in [3.8, 4) is 11.1 Å². The van der Waals surface area contributed by atoms with Gasteiger partial charge in [0.2, 0.25) is 0 Å². The van der Waals surface area contributed by atoms with Gasteiger partial charge in [0.25, 0.3) is 5.91 Å². The maximum Gasteiger partial charge on any atom is 0.278 e. The number of nitrogens with one attached hydrogen (secondary N) is 1. The number of rotatable bonds is 5. The van der Waals surface area contributed by atoms with Crippen LogP contribution in [0.15, 0.2) is 47.3 Å². The van der Waals surface area contributed by atoms with Crippen molar-refractivity contribution in [3.63, 3.8) is 0 Å². The van der Waals surface area contributed by atoms with Crippen LogP contribution in [0.4, 0.5) is 5.82 Å². The summed E-state index contributed by atoms with van der Waals surface area (Å²) in [5.74, 6) is 0.728. The molecule has 1 amide bonds. The van der Waals surface area contributed by atoms with Crippen molar-refractivity contribution < 1.29 is 9.21 Å². The molecule has 164 valence electrons. The topological polar surface area (TPSA) is 102 Å². The van der Waals surface area contributed by atoms with Crippen LogP contribution in [-0.2, 0) is 5.24 Å². The zero-order valence-corrected chi connectivity index (χ0v) is 18.7. The van der Waals surface area contributed by atoms with Crippen LogP contribution in [0.2, 0.25) is 0 Å². The van der Waals surface area contributed by atoms with E-state index in [9.17, 15) is 4.79 Å². The van der Waals surface area contributed by atoms with E-state index < -0.39 is 11.1 Å². The second kappa shape index (κ2) is 8.75. The summed E-state index contributed by atoms with van der Waals surface area (Å²) in [7, 11) is 19.2. The quantitative estimate of drug-likeness (QED) is 0.465. The molecule has 1 fully saturated rings. The second-order valence-corrected chi connectivity index (χ2v) is 8.67. The predicted octanol–water partition coefficient (Wildman–Crippen LogP) is 1.62. The van der Waals surface area contributed by atoms with Gasteiger partial charge in [0, 0.05) is 23.1 Å². The number of hydrogen-bond acceptors (Lipinski definition) is 7. The molecule has 34 heavy (non-hydrogen) atoms. The lowest BCUT2D eigenvalue weighted by Gasteiger charge is -2.26. The smallest absolute Gasteiger partial charge is 0.278 e. The average molecular weight is 447 g/mol. The Hall–Kier alpha value is -3.40. The van der Waals surface area contributed by atoms with E-state index in [1.165, 1.54) is 10.9 Å². The van der Waals surface area contributed by atoms with E-state index in [4.69, 9.17) is 28.0 Å². The molecule has 0 unspecified atom stereocenters. The first-order chi connectivity index (χ1) is 16.3. The minimum Gasteiger partial charge on any atom is -0.448 e. The lowest BCUT2D eigenvalue weighted by atomic mass is 9.49. The summed E-state index contributed by atoms with van der Waals surface area (Å²) in [6.07, 6.45) is 6.58. The van der Waals surface area contributed by atoms with Crippen molar-refractivity contribution in [2.75, 3.05) is 25.5 Å². The minimum absolute atomic E-state index is 0.214. The van der Waals surface area contributed by atoms with Gasteiger partial charge in [-0.2, -0.15) is 5.10 Å². The fourth-order valence-corrected chi connectivity index (χ4v) is 3.98. The van der Waals surface area contributed by atoms with E-state index >= 15 is 0 Å². The first-order valence-electron chi connectivity index (χ1n) is 10.9. The van der Waals surface area contributed by atoms with Crippen LogP contribution in [-0.4, -0.2) is 79.4 Å². The number of carbonyl (C=O) groups is 1. The Morgan fingerprint density at radius 1 is 1.15 bits per heavy atom. The van der Waals surface area contributed by atoms with Gasteiger partial charge in [-0.3, -0.25) is 9.48 Å². The number of piperidine rings is 1. The maximum absolute atomic E-state index is 12.7. The molecule has 0 aliphatic carbocycles. The number of likely N-dealkylation sites (tertiary alicyclic amines) is 1. The second-order valence-electron chi connectivity index (χ2n) is 8.67. The van der Waals surface area contributed by atoms with E-state index in [1.54, 1.807) is 18.5 Å². The standard InChI is InChI=1S/C22H20B3N7O2/c1-31-6-4-13(5-7-31)21-27-18(12-34-21)20(33)28-19-9-15-8-14(2-3-17(15)29-30-19)16-10-26-32(11-16)22(23,24)25/h2-3,8-13H,4-7H2,1H3,(H,28,30,33). The number of anilines is 1. The fourth-order valence-electron chi connectivity index (χ4n) is 3.98. The molecular formula is C22H20B3N7O2. The highest BCUT2D eigenvalue weighted by atomic mass is 16.3. The van der Waals surface area contributed by atoms with Crippen LogP contribution in [0.3, 0.4) is 0 Å². The Labute approximate surface area is 200 Å². The lowest BCUT2D eigenvalue weighted by molar-refractivity contribution is 0.102. The van der Waals surface area contributed by atoms with Crippen LogP contribution in [0.1, 0.15) is 35.1 Å². The van der Waals surface area contributed by atoms with Gasteiger partial charge in [-0.15, -0.1) is 10.2 Å². The van der Waals surface area contributed by atoms with Gasteiger partial charge < -0.3 is 14.6 Å². The predicted molar refractivity (Wildman–Crippen MR) is 130 cm³/mol. The summed E-state index contributed by atoms with van der Waals surface area (Å²) in [4.78, 5) is 19.4. The highest BCUT2D eigenvalue weighted by molar-refractivity contribution is 6.56. The number of aromatic nitrogens is 5. The van der Waals surface area contributed by atoms with Gasteiger partial charge >= 0.3 is 0 Å². The van der Waals surface area contributed by atoms with E-state index in [0.717, 1.165) is 42.4 Å². The highest BCUT2D eigenvalue weighted by Gasteiger charge is 2.24. The summed E-state index contributed by atoms with van der Waals surface area (Å²) in [5.41, 5.74) is 2.52. The Balaban J connectivity index is 1.33. The molecule has 5 rings (SSSR count). The van der Waals surface area contributed by atoms with Crippen molar-refractivity contribution in [3.05, 3.63) is 54.5 Å². The molecule has 1 N–H and O–H groups in total. The molecule has 1 aliphatic rings. The number of nitrogens with zero attached hydrogens (tertiary/aromatic N) is 6. The van der Waals surface area contributed by atoms with Gasteiger partial charge in [-0.1, -0.05) is 6.07 Å². The zero-order valence-electron chi connectivity index (χ0n) is 18.7. The van der Waals surface area contributed by atoms with E-state index in [-0.39, 0.29) is 11.6 Å². The number of hydrogen-bond donors (Lipinski definition) is 1.